The summed E-state index contributed by atoms with van der Waals surface area (Å²) in [4.78, 5) is 10.9. The fourth-order valence-electron chi connectivity index (χ4n) is 3.11. The van der Waals surface area contributed by atoms with Gasteiger partial charge in [0.1, 0.15) is 11.6 Å². The lowest BCUT2D eigenvalue weighted by Gasteiger charge is -2.18. The Balaban J connectivity index is 0.00000312. The summed E-state index contributed by atoms with van der Waals surface area (Å²) >= 11 is 0. The number of hydrogen-bond donors (Lipinski definition) is 2. The largest absolute Gasteiger partial charge is 0.481 e. The van der Waals surface area contributed by atoms with Crippen molar-refractivity contribution in [2.45, 2.75) is 40.2 Å². The lowest BCUT2D eigenvalue weighted by atomic mass is 9.89. The van der Waals surface area contributed by atoms with E-state index in [1.165, 1.54) is 6.07 Å². The van der Waals surface area contributed by atoms with Crippen LogP contribution in [0.25, 0.3) is 11.1 Å². The second-order valence-electron chi connectivity index (χ2n) is 6.23. The lowest BCUT2D eigenvalue weighted by molar-refractivity contribution is -0.137. The summed E-state index contributed by atoms with van der Waals surface area (Å²) in [5, 5.41) is 8.89. The topological polar surface area (TPSA) is 63.3 Å². The minimum absolute atomic E-state index is 0. The van der Waals surface area contributed by atoms with Gasteiger partial charge in [0.15, 0.2) is 0 Å². The van der Waals surface area contributed by atoms with Crippen LogP contribution < -0.4 is 5.73 Å². The summed E-state index contributed by atoms with van der Waals surface area (Å²) in [6, 6.07) is 3.95. The second kappa shape index (κ2) is 7.93. The van der Waals surface area contributed by atoms with Gasteiger partial charge >= 0.3 is 5.97 Å². The number of rotatable bonds is 4. The van der Waals surface area contributed by atoms with Gasteiger partial charge in [-0.25, -0.2) is 8.78 Å². The van der Waals surface area contributed by atoms with Gasteiger partial charge in [-0.3, -0.25) is 4.79 Å². The molecule has 0 radical (unpaired) electrons. The maximum Gasteiger partial charge on any atom is 0.305 e. The quantitative estimate of drug-likeness (QED) is 0.816. The van der Waals surface area contributed by atoms with Gasteiger partial charge in [-0.1, -0.05) is 6.07 Å². The summed E-state index contributed by atoms with van der Waals surface area (Å²) in [6.45, 7) is 6.83. The highest BCUT2D eigenvalue weighted by atomic mass is 35.5. The third-order valence-corrected chi connectivity index (χ3v) is 4.24. The maximum absolute atomic E-state index is 14.4. The summed E-state index contributed by atoms with van der Waals surface area (Å²) < 4.78 is 28.7. The van der Waals surface area contributed by atoms with Gasteiger partial charge in [0.05, 0.1) is 6.42 Å². The zero-order valence-corrected chi connectivity index (χ0v) is 15.4. The van der Waals surface area contributed by atoms with Gasteiger partial charge in [-0.2, -0.15) is 0 Å². The average Bonchev–Trinajstić information content (AvgIpc) is 2.47. The van der Waals surface area contributed by atoms with E-state index < -0.39 is 17.8 Å². The number of halogens is 3. The SMILES string of the molecule is Cc1cc(-c2c(C)cc(C)c(F)c2C)cc(C(N)CC(=O)O)c1F.Cl. The molecule has 6 heteroatoms. The Morgan fingerprint density at radius 3 is 2.16 bits per heavy atom. The Morgan fingerprint density at radius 1 is 1.04 bits per heavy atom. The van der Waals surface area contributed by atoms with Crippen molar-refractivity contribution in [2.24, 2.45) is 5.73 Å². The van der Waals surface area contributed by atoms with Crippen LogP contribution in [0.1, 0.15) is 40.3 Å². The number of carboxylic acids is 1. The van der Waals surface area contributed by atoms with Crippen LogP contribution >= 0.6 is 12.4 Å². The van der Waals surface area contributed by atoms with Gasteiger partial charge in [0.25, 0.3) is 0 Å². The highest BCUT2D eigenvalue weighted by molar-refractivity contribution is 5.85. The maximum atomic E-state index is 14.4. The van der Waals surface area contributed by atoms with E-state index in [-0.39, 0.29) is 30.2 Å². The van der Waals surface area contributed by atoms with Crippen molar-refractivity contribution < 1.29 is 18.7 Å². The average molecular weight is 370 g/mol. The van der Waals surface area contributed by atoms with Crippen molar-refractivity contribution in [3.63, 3.8) is 0 Å². The fraction of sp³-hybridized carbons (Fsp3) is 0.316. The molecule has 0 bridgehead atoms. The standard InChI is InChI=1S/C19H21F2NO2.ClH/c1-9-5-10(2)18(20)12(4)17(9)13-6-11(3)19(21)14(7-13)15(22)8-16(23)24;/h5-7,15H,8,22H2,1-4H3,(H,23,24);1H. The first kappa shape index (κ1) is 21.1. The number of aliphatic carboxylic acids is 1. The molecule has 0 amide bonds. The van der Waals surface area contributed by atoms with Gasteiger partial charge in [0, 0.05) is 11.6 Å². The minimum atomic E-state index is -1.10. The van der Waals surface area contributed by atoms with E-state index in [9.17, 15) is 13.6 Å². The first-order valence-corrected chi connectivity index (χ1v) is 7.67. The van der Waals surface area contributed by atoms with E-state index in [0.29, 0.717) is 27.8 Å². The molecular weight excluding hydrogens is 348 g/mol. The Hall–Kier alpha value is -1.98. The van der Waals surface area contributed by atoms with Crippen molar-refractivity contribution in [1.29, 1.82) is 0 Å². The van der Waals surface area contributed by atoms with Crippen LogP contribution in [0.2, 0.25) is 0 Å². The Kier molecular flexibility index (Phi) is 6.68. The smallest absolute Gasteiger partial charge is 0.305 e. The van der Waals surface area contributed by atoms with Crippen LogP contribution in [-0.4, -0.2) is 11.1 Å². The molecule has 3 N–H and O–H groups in total. The normalized spacial score (nSPS) is 11.8. The number of benzene rings is 2. The predicted molar refractivity (Wildman–Crippen MR) is 97.2 cm³/mol. The number of carboxylic acid groups (broad SMARTS) is 1. The van der Waals surface area contributed by atoms with E-state index in [1.54, 1.807) is 32.9 Å². The molecule has 0 spiro atoms. The van der Waals surface area contributed by atoms with E-state index in [2.05, 4.69) is 0 Å². The van der Waals surface area contributed by atoms with Gasteiger partial charge in [-0.15, -0.1) is 12.4 Å². The second-order valence-corrected chi connectivity index (χ2v) is 6.23. The summed E-state index contributed by atoms with van der Waals surface area (Å²) in [7, 11) is 0. The number of hydrogen-bond acceptors (Lipinski definition) is 2. The summed E-state index contributed by atoms with van der Waals surface area (Å²) in [6.07, 6.45) is -0.375. The Morgan fingerprint density at radius 2 is 1.60 bits per heavy atom. The van der Waals surface area contributed by atoms with Crippen molar-refractivity contribution in [3.8, 4) is 11.1 Å². The molecule has 0 saturated carbocycles. The van der Waals surface area contributed by atoms with Crippen LogP contribution in [0.5, 0.6) is 0 Å². The molecule has 2 aromatic rings. The number of nitrogens with two attached hydrogens (primary N) is 1. The van der Waals surface area contributed by atoms with E-state index in [0.717, 1.165) is 5.56 Å². The summed E-state index contributed by atoms with van der Waals surface area (Å²) in [5.41, 5.74) is 9.56. The van der Waals surface area contributed by atoms with Gasteiger partial charge < -0.3 is 10.8 Å². The zero-order valence-electron chi connectivity index (χ0n) is 14.6. The first-order chi connectivity index (χ1) is 11.1. The third kappa shape index (κ3) is 4.17. The number of aryl methyl sites for hydroxylation is 3. The molecule has 1 unspecified atom stereocenters. The van der Waals surface area contributed by atoms with Gasteiger partial charge in [-0.05, 0) is 73.2 Å². The minimum Gasteiger partial charge on any atom is -0.481 e. The molecule has 136 valence electrons. The van der Waals surface area contributed by atoms with E-state index >= 15 is 0 Å². The zero-order chi connectivity index (χ0) is 18.2. The van der Waals surface area contributed by atoms with E-state index in [4.69, 9.17) is 10.8 Å². The van der Waals surface area contributed by atoms with Crippen molar-refractivity contribution >= 4 is 18.4 Å². The molecule has 2 aromatic carbocycles. The molecular formula is C19H22ClF2NO2. The fourth-order valence-corrected chi connectivity index (χ4v) is 3.11. The molecule has 0 aliphatic heterocycles. The van der Waals surface area contributed by atoms with Crippen LogP contribution in [0.3, 0.4) is 0 Å². The van der Waals surface area contributed by atoms with Crippen LogP contribution in [0, 0.1) is 39.3 Å². The molecule has 1 atom stereocenters. The van der Waals surface area contributed by atoms with Crippen LogP contribution in [0.4, 0.5) is 8.78 Å². The molecule has 25 heavy (non-hydrogen) atoms. The molecule has 2 rings (SSSR count). The molecule has 0 aliphatic carbocycles. The van der Waals surface area contributed by atoms with Crippen molar-refractivity contribution in [3.05, 3.63) is 57.7 Å². The van der Waals surface area contributed by atoms with Crippen molar-refractivity contribution in [1.82, 2.24) is 0 Å². The first-order valence-electron chi connectivity index (χ1n) is 7.67. The summed E-state index contributed by atoms with van der Waals surface area (Å²) in [5.74, 6) is -1.91. The molecule has 3 nitrogen and oxygen atoms in total. The predicted octanol–water partition coefficient (Wildman–Crippen LogP) is 4.76. The molecule has 0 fully saturated rings. The molecule has 0 heterocycles. The van der Waals surface area contributed by atoms with Crippen LogP contribution in [0.15, 0.2) is 18.2 Å². The van der Waals surface area contributed by atoms with Gasteiger partial charge in [0.2, 0.25) is 0 Å². The molecule has 0 aliphatic rings. The Labute approximate surface area is 152 Å². The number of carbonyl (C=O) groups is 1. The monoisotopic (exact) mass is 369 g/mol. The highest BCUT2D eigenvalue weighted by Gasteiger charge is 2.20. The third-order valence-electron chi connectivity index (χ3n) is 4.24. The molecule has 0 aromatic heterocycles. The van der Waals surface area contributed by atoms with Crippen molar-refractivity contribution in [2.75, 3.05) is 0 Å². The molecule has 0 saturated heterocycles. The van der Waals surface area contributed by atoms with Crippen LogP contribution in [-0.2, 0) is 4.79 Å². The Bertz CT molecular complexity index is 822. The highest BCUT2D eigenvalue weighted by Crippen LogP contribution is 2.34. The lowest BCUT2D eigenvalue weighted by Crippen LogP contribution is -2.17. The van der Waals surface area contributed by atoms with E-state index in [1.807, 2.05) is 6.92 Å².